The van der Waals surface area contributed by atoms with Gasteiger partial charge in [-0.3, -0.25) is 0 Å². The maximum atomic E-state index is 9.83. The monoisotopic (exact) mass is 394 g/mol. The summed E-state index contributed by atoms with van der Waals surface area (Å²) in [5.74, 6) is 0. The lowest BCUT2D eigenvalue weighted by molar-refractivity contribution is -0.0325. The number of ether oxygens (including phenoxy) is 1. The summed E-state index contributed by atoms with van der Waals surface area (Å²) in [5.41, 5.74) is 2.38. The molecule has 0 radical (unpaired) electrons. The third kappa shape index (κ3) is 6.24. The summed E-state index contributed by atoms with van der Waals surface area (Å²) in [5, 5.41) is 25.8. The van der Waals surface area contributed by atoms with E-state index >= 15 is 0 Å². The maximum Gasteiger partial charge on any atom is 0.143 e. The SMILES string of the molecule is CC(O)CO.CC(O)COC(c1ccccc1)(c1ccccc1)c1ccccc1. The molecule has 0 aliphatic heterocycles. The molecule has 4 nitrogen and oxygen atoms in total. The van der Waals surface area contributed by atoms with Crippen molar-refractivity contribution in [3.8, 4) is 0 Å². The second-order valence-corrected chi connectivity index (χ2v) is 6.97. The highest BCUT2D eigenvalue weighted by molar-refractivity contribution is 5.47. The lowest BCUT2D eigenvalue weighted by Gasteiger charge is -2.36. The van der Waals surface area contributed by atoms with Crippen LogP contribution in [-0.4, -0.2) is 40.7 Å². The molecule has 4 heteroatoms. The molecule has 2 atom stereocenters. The van der Waals surface area contributed by atoms with Crippen molar-refractivity contribution in [2.24, 2.45) is 0 Å². The van der Waals surface area contributed by atoms with E-state index < -0.39 is 17.8 Å². The molecule has 0 heterocycles. The molecule has 0 aliphatic carbocycles. The van der Waals surface area contributed by atoms with Crippen LogP contribution in [0.5, 0.6) is 0 Å². The summed E-state index contributed by atoms with van der Waals surface area (Å²) < 4.78 is 6.40. The number of benzene rings is 3. The van der Waals surface area contributed by atoms with Gasteiger partial charge in [0.1, 0.15) is 5.60 Å². The third-order valence-electron chi connectivity index (χ3n) is 4.35. The van der Waals surface area contributed by atoms with Crippen molar-refractivity contribution < 1.29 is 20.1 Å². The first-order valence-electron chi connectivity index (χ1n) is 9.78. The van der Waals surface area contributed by atoms with Crippen LogP contribution in [0.25, 0.3) is 0 Å². The molecule has 0 fully saturated rings. The normalized spacial score (nSPS) is 13.1. The van der Waals surface area contributed by atoms with Crippen molar-refractivity contribution in [2.75, 3.05) is 13.2 Å². The average Bonchev–Trinajstić information content (AvgIpc) is 2.77. The number of rotatable bonds is 7. The highest BCUT2D eigenvalue weighted by Gasteiger charge is 2.37. The van der Waals surface area contributed by atoms with Crippen molar-refractivity contribution in [2.45, 2.75) is 31.7 Å². The zero-order valence-electron chi connectivity index (χ0n) is 17.0. The van der Waals surface area contributed by atoms with Gasteiger partial charge in [0, 0.05) is 0 Å². The fraction of sp³-hybridized carbons (Fsp3) is 0.280. The van der Waals surface area contributed by atoms with Crippen LogP contribution in [0.15, 0.2) is 91.0 Å². The second kappa shape index (κ2) is 11.5. The Morgan fingerprint density at radius 2 is 0.966 bits per heavy atom. The van der Waals surface area contributed by atoms with Crippen LogP contribution >= 0.6 is 0 Å². The molecule has 29 heavy (non-hydrogen) atoms. The predicted octanol–water partition coefficient (Wildman–Crippen LogP) is 3.74. The van der Waals surface area contributed by atoms with E-state index in [1.807, 2.05) is 54.6 Å². The Bertz CT molecular complexity index is 705. The molecule has 3 rings (SSSR count). The van der Waals surface area contributed by atoms with E-state index in [2.05, 4.69) is 36.4 Å². The standard InChI is InChI=1S/C22H22O2.C3H8O2/c1-18(23)17-24-22(19-11-5-2-6-12-19,20-13-7-3-8-14-20)21-15-9-4-10-16-21;1-3(5)2-4/h2-16,18,23H,17H2,1H3;3-5H,2H2,1H3. The minimum atomic E-state index is -0.749. The molecule has 0 amide bonds. The van der Waals surface area contributed by atoms with Gasteiger partial charge in [0.15, 0.2) is 0 Å². The van der Waals surface area contributed by atoms with E-state index in [0.29, 0.717) is 0 Å². The fourth-order valence-electron chi connectivity index (χ4n) is 3.01. The number of aliphatic hydroxyl groups is 3. The van der Waals surface area contributed by atoms with Gasteiger partial charge in [0.05, 0.1) is 25.4 Å². The van der Waals surface area contributed by atoms with Gasteiger partial charge in [-0.05, 0) is 30.5 Å². The summed E-state index contributed by atoms with van der Waals surface area (Å²) >= 11 is 0. The van der Waals surface area contributed by atoms with Crippen LogP contribution in [-0.2, 0) is 10.3 Å². The maximum absolute atomic E-state index is 9.83. The molecule has 0 saturated carbocycles. The first kappa shape index (κ1) is 22.8. The Morgan fingerprint density at radius 1 is 0.655 bits per heavy atom. The molecule has 3 aromatic rings. The number of hydrogen-bond acceptors (Lipinski definition) is 4. The molecule has 3 N–H and O–H groups in total. The van der Waals surface area contributed by atoms with Crippen LogP contribution in [0, 0.1) is 0 Å². The van der Waals surface area contributed by atoms with E-state index in [9.17, 15) is 5.11 Å². The van der Waals surface area contributed by atoms with Gasteiger partial charge in [-0.15, -0.1) is 0 Å². The van der Waals surface area contributed by atoms with Crippen molar-refractivity contribution in [1.82, 2.24) is 0 Å². The quantitative estimate of drug-likeness (QED) is 0.534. The summed E-state index contributed by atoms with van der Waals surface area (Å²) in [4.78, 5) is 0. The molecular weight excluding hydrogens is 364 g/mol. The Balaban J connectivity index is 0.000000537. The number of aliphatic hydroxyl groups excluding tert-OH is 3. The highest BCUT2D eigenvalue weighted by atomic mass is 16.5. The lowest BCUT2D eigenvalue weighted by atomic mass is 9.80. The molecule has 0 spiro atoms. The van der Waals surface area contributed by atoms with Crippen molar-refractivity contribution in [1.29, 1.82) is 0 Å². The van der Waals surface area contributed by atoms with Crippen molar-refractivity contribution in [3.05, 3.63) is 108 Å². The van der Waals surface area contributed by atoms with E-state index in [-0.39, 0.29) is 13.2 Å². The van der Waals surface area contributed by atoms with Crippen molar-refractivity contribution >= 4 is 0 Å². The summed E-state index contributed by atoms with van der Waals surface area (Å²) in [6, 6.07) is 30.5. The minimum Gasteiger partial charge on any atom is -0.394 e. The van der Waals surface area contributed by atoms with Gasteiger partial charge >= 0.3 is 0 Å². The molecule has 2 unspecified atom stereocenters. The average molecular weight is 395 g/mol. The van der Waals surface area contributed by atoms with Gasteiger partial charge in [0.2, 0.25) is 0 Å². The summed E-state index contributed by atoms with van der Waals surface area (Å²) in [6.07, 6.45) is -1.10. The fourth-order valence-corrected chi connectivity index (χ4v) is 3.01. The first-order chi connectivity index (χ1) is 14.0. The molecule has 3 aromatic carbocycles. The van der Waals surface area contributed by atoms with Crippen LogP contribution in [0.2, 0.25) is 0 Å². The predicted molar refractivity (Wildman–Crippen MR) is 116 cm³/mol. The van der Waals surface area contributed by atoms with Crippen molar-refractivity contribution in [3.63, 3.8) is 0 Å². The topological polar surface area (TPSA) is 69.9 Å². The van der Waals surface area contributed by atoms with Crippen LogP contribution in [0.4, 0.5) is 0 Å². The number of hydrogen-bond donors (Lipinski definition) is 3. The van der Waals surface area contributed by atoms with Gasteiger partial charge in [0.25, 0.3) is 0 Å². The Hall–Kier alpha value is -2.50. The van der Waals surface area contributed by atoms with E-state index in [0.717, 1.165) is 16.7 Å². The summed E-state index contributed by atoms with van der Waals surface area (Å²) in [7, 11) is 0. The van der Waals surface area contributed by atoms with Crippen LogP contribution in [0.1, 0.15) is 30.5 Å². The highest BCUT2D eigenvalue weighted by Crippen LogP contribution is 2.40. The third-order valence-corrected chi connectivity index (χ3v) is 4.35. The molecule has 0 aromatic heterocycles. The van der Waals surface area contributed by atoms with E-state index in [1.54, 1.807) is 6.92 Å². The zero-order chi connectivity index (χ0) is 21.1. The van der Waals surface area contributed by atoms with Crippen LogP contribution < -0.4 is 0 Å². The largest absolute Gasteiger partial charge is 0.394 e. The van der Waals surface area contributed by atoms with Crippen LogP contribution in [0.3, 0.4) is 0 Å². The molecule has 0 bridgehead atoms. The Labute approximate surface area is 173 Å². The second-order valence-electron chi connectivity index (χ2n) is 6.97. The van der Waals surface area contributed by atoms with E-state index in [1.165, 1.54) is 6.92 Å². The van der Waals surface area contributed by atoms with E-state index in [4.69, 9.17) is 14.9 Å². The van der Waals surface area contributed by atoms with Gasteiger partial charge < -0.3 is 20.1 Å². The minimum absolute atomic E-state index is 0.139. The van der Waals surface area contributed by atoms with Gasteiger partial charge in [-0.1, -0.05) is 91.0 Å². The molecule has 0 saturated heterocycles. The molecule has 0 aliphatic rings. The molecule has 154 valence electrons. The first-order valence-corrected chi connectivity index (χ1v) is 9.78. The lowest BCUT2D eigenvalue weighted by Crippen LogP contribution is -2.35. The zero-order valence-corrected chi connectivity index (χ0v) is 17.0. The van der Waals surface area contributed by atoms with Gasteiger partial charge in [-0.2, -0.15) is 0 Å². The van der Waals surface area contributed by atoms with Gasteiger partial charge in [-0.25, -0.2) is 0 Å². The molecular formula is C25H30O4. The smallest absolute Gasteiger partial charge is 0.143 e. The summed E-state index contributed by atoms with van der Waals surface area (Å²) in [6.45, 7) is 3.38. The Kier molecular flexibility index (Phi) is 9.03. The Morgan fingerprint density at radius 3 is 1.21 bits per heavy atom.